The number of hydrogen-bond donors (Lipinski definition) is 1. The largest absolute Gasteiger partial charge is 0.493 e. The van der Waals surface area contributed by atoms with Gasteiger partial charge >= 0.3 is 0 Å². The molecule has 0 aromatic carbocycles. The topological polar surface area (TPSA) is 56.1 Å². The molecule has 1 aromatic rings. The predicted octanol–water partition coefficient (Wildman–Crippen LogP) is 1.65. The van der Waals surface area contributed by atoms with E-state index < -0.39 is 0 Å². The minimum absolute atomic E-state index is 0.0864. The molecule has 1 N–H and O–H groups in total. The molecule has 96 valence electrons. The van der Waals surface area contributed by atoms with E-state index in [2.05, 4.69) is 10.4 Å². The molecule has 5 heteroatoms. The minimum atomic E-state index is 0.0864. The standard InChI is InChI=1S/C12H21N3O2/c1-9(2)15-12(11(17-4)8-14-15)10(16)6-5-7-13-3/h8-9,13H,5-7H2,1-4H3. The molecule has 0 amide bonds. The van der Waals surface area contributed by atoms with Gasteiger partial charge in [-0.1, -0.05) is 0 Å². The summed E-state index contributed by atoms with van der Waals surface area (Å²) in [7, 11) is 3.44. The van der Waals surface area contributed by atoms with Gasteiger partial charge in [0, 0.05) is 12.5 Å². The maximum Gasteiger partial charge on any atom is 0.184 e. The Labute approximate surface area is 102 Å². The van der Waals surface area contributed by atoms with Crippen molar-refractivity contribution in [1.29, 1.82) is 0 Å². The van der Waals surface area contributed by atoms with Gasteiger partial charge in [0.1, 0.15) is 5.69 Å². The maximum absolute atomic E-state index is 12.1. The third kappa shape index (κ3) is 3.30. The van der Waals surface area contributed by atoms with Gasteiger partial charge in [-0.2, -0.15) is 5.10 Å². The van der Waals surface area contributed by atoms with Gasteiger partial charge < -0.3 is 10.1 Å². The van der Waals surface area contributed by atoms with Crippen LogP contribution in [0.2, 0.25) is 0 Å². The molecule has 0 aliphatic heterocycles. The second kappa shape index (κ2) is 6.39. The van der Waals surface area contributed by atoms with E-state index in [9.17, 15) is 4.79 Å². The summed E-state index contributed by atoms with van der Waals surface area (Å²) >= 11 is 0. The van der Waals surface area contributed by atoms with Crippen LogP contribution in [0.4, 0.5) is 0 Å². The van der Waals surface area contributed by atoms with E-state index in [1.807, 2.05) is 20.9 Å². The fourth-order valence-electron chi connectivity index (χ4n) is 1.70. The molecule has 1 aromatic heterocycles. The molecule has 0 unspecified atom stereocenters. The Morgan fingerprint density at radius 3 is 2.82 bits per heavy atom. The first-order valence-corrected chi connectivity index (χ1v) is 5.91. The average Bonchev–Trinajstić information content (AvgIpc) is 2.72. The number of carbonyl (C=O) groups excluding carboxylic acids is 1. The fraction of sp³-hybridized carbons (Fsp3) is 0.667. The van der Waals surface area contributed by atoms with E-state index in [-0.39, 0.29) is 11.8 Å². The Morgan fingerprint density at radius 1 is 1.59 bits per heavy atom. The second-order valence-corrected chi connectivity index (χ2v) is 4.23. The summed E-state index contributed by atoms with van der Waals surface area (Å²) in [6.45, 7) is 4.83. The van der Waals surface area contributed by atoms with Crippen LogP contribution in [0.15, 0.2) is 6.20 Å². The monoisotopic (exact) mass is 239 g/mol. The Morgan fingerprint density at radius 2 is 2.29 bits per heavy atom. The van der Waals surface area contributed by atoms with Gasteiger partial charge in [-0.25, -0.2) is 0 Å². The molecule has 0 saturated heterocycles. The third-order valence-electron chi connectivity index (χ3n) is 2.57. The van der Waals surface area contributed by atoms with Crippen LogP contribution in [0.1, 0.15) is 43.2 Å². The normalized spacial score (nSPS) is 10.9. The highest BCUT2D eigenvalue weighted by Crippen LogP contribution is 2.22. The van der Waals surface area contributed by atoms with Gasteiger partial charge in [-0.15, -0.1) is 0 Å². The lowest BCUT2D eigenvalue weighted by Crippen LogP contribution is -2.15. The molecule has 1 rings (SSSR count). The highest BCUT2D eigenvalue weighted by Gasteiger charge is 2.20. The van der Waals surface area contributed by atoms with Crippen molar-refractivity contribution in [1.82, 2.24) is 15.1 Å². The Kier molecular flexibility index (Phi) is 5.15. The molecule has 0 fully saturated rings. The number of ether oxygens (including phenoxy) is 1. The number of carbonyl (C=O) groups is 1. The molecule has 5 nitrogen and oxygen atoms in total. The first kappa shape index (κ1) is 13.7. The molecule has 0 spiro atoms. The van der Waals surface area contributed by atoms with Crippen molar-refractivity contribution in [3.05, 3.63) is 11.9 Å². The number of rotatable bonds is 7. The van der Waals surface area contributed by atoms with Crippen LogP contribution in [0.5, 0.6) is 5.75 Å². The van der Waals surface area contributed by atoms with Crippen LogP contribution in [-0.4, -0.2) is 36.3 Å². The minimum Gasteiger partial charge on any atom is -0.493 e. The maximum atomic E-state index is 12.1. The van der Waals surface area contributed by atoms with Gasteiger partial charge in [0.05, 0.1) is 13.3 Å². The Hall–Kier alpha value is -1.36. The van der Waals surface area contributed by atoms with Crippen molar-refractivity contribution in [2.45, 2.75) is 32.7 Å². The van der Waals surface area contributed by atoms with Crippen LogP contribution in [0.25, 0.3) is 0 Å². The molecule has 0 bridgehead atoms. The van der Waals surface area contributed by atoms with Crippen LogP contribution in [0.3, 0.4) is 0 Å². The van der Waals surface area contributed by atoms with Crippen LogP contribution >= 0.6 is 0 Å². The quantitative estimate of drug-likeness (QED) is 0.580. The first-order chi connectivity index (χ1) is 8.11. The van der Waals surface area contributed by atoms with Crippen molar-refractivity contribution in [2.24, 2.45) is 0 Å². The van der Waals surface area contributed by atoms with E-state index in [0.717, 1.165) is 13.0 Å². The van der Waals surface area contributed by atoms with Crippen molar-refractivity contribution in [3.8, 4) is 5.75 Å². The summed E-state index contributed by atoms with van der Waals surface area (Å²) in [6, 6.07) is 0.155. The van der Waals surface area contributed by atoms with Crippen LogP contribution in [0, 0.1) is 0 Å². The zero-order chi connectivity index (χ0) is 12.8. The molecule has 17 heavy (non-hydrogen) atoms. The molecular formula is C12H21N3O2. The molecule has 0 saturated carbocycles. The van der Waals surface area contributed by atoms with E-state index >= 15 is 0 Å². The lowest BCUT2D eigenvalue weighted by molar-refractivity contribution is 0.0964. The van der Waals surface area contributed by atoms with E-state index in [0.29, 0.717) is 17.9 Å². The van der Waals surface area contributed by atoms with Gasteiger partial charge in [-0.3, -0.25) is 9.48 Å². The highest BCUT2D eigenvalue weighted by molar-refractivity contribution is 5.97. The van der Waals surface area contributed by atoms with Gasteiger partial charge in [0.15, 0.2) is 11.5 Å². The summed E-state index contributed by atoms with van der Waals surface area (Å²) in [5, 5.41) is 7.22. The van der Waals surface area contributed by atoms with E-state index in [4.69, 9.17) is 4.74 Å². The number of nitrogens with one attached hydrogen (secondary N) is 1. The number of Topliss-reactive ketones (excluding diaryl/α,β-unsaturated/α-hetero) is 1. The lowest BCUT2D eigenvalue weighted by Gasteiger charge is -2.11. The average molecular weight is 239 g/mol. The number of aromatic nitrogens is 2. The Bertz CT molecular complexity index is 372. The molecule has 0 radical (unpaired) electrons. The second-order valence-electron chi connectivity index (χ2n) is 4.23. The summed E-state index contributed by atoms with van der Waals surface area (Å²) in [6.07, 6.45) is 2.93. The number of nitrogens with zero attached hydrogens (tertiary/aromatic N) is 2. The molecule has 0 aliphatic rings. The van der Waals surface area contributed by atoms with E-state index in [1.165, 1.54) is 0 Å². The van der Waals surface area contributed by atoms with Crippen molar-refractivity contribution in [2.75, 3.05) is 20.7 Å². The lowest BCUT2D eigenvalue weighted by atomic mass is 10.1. The SMILES string of the molecule is CNCCCC(=O)c1c(OC)cnn1C(C)C. The summed E-state index contributed by atoms with van der Waals surface area (Å²) in [4.78, 5) is 12.1. The highest BCUT2D eigenvalue weighted by atomic mass is 16.5. The van der Waals surface area contributed by atoms with Crippen molar-refractivity contribution >= 4 is 5.78 Å². The van der Waals surface area contributed by atoms with Crippen molar-refractivity contribution in [3.63, 3.8) is 0 Å². The number of hydrogen-bond acceptors (Lipinski definition) is 4. The Balaban J connectivity index is 2.85. The molecule has 0 aliphatic carbocycles. The summed E-state index contributed by atoms with van der Waals surface area (Å²) < 4.78 is 6.91. The molecular weight excluding hydrogens is 218 g/mol. The van der Waals surface area contributed by atoms with Gasteiger partial charge in [-0.05, 0) is 33.9 Å². The van der Waals surface area contributed by atoms with Gasteiger partial charge in [0.2, 0.25) is 0 Å². The fourth-order valence-corrected chi connectivity index (χ4v) is 1.70. The van der Waals surface area contributed by atoms with Crippen LogP contribution in [-0.2, 0) is 0 Å². The number of ketones is 1. The van der Waals surface area contributed by atoms with E-state index in [1.54, 1.807) is 18.0 Å². The third-order valence-corrected chi connectivity index (χ3v) is 2.57. The summed E-state index contributed by atoms with van der Waals surface area (Å²) in [5.41, 5.74) is 0.582. The van der Waals surface area contributed by atoms with Crippen molar-refractivity contribution < 1.29 is 9.53 Å². The summed E-state index contributed by atoms with van der Waals surface area (Å²) in [5.74, 6) is 0.649. The van der Waals surface area contributed by atoms with Crippen LogP contribution < -0.4 is 10.1 Å². The predicted molar refractivity (Wildman–Crippen MR) is 66.7 cm³/mol. The molecule has 0 atom stereocenters. The first-order valence-electron chi connectivity index (χ1n) is 5.91. The van der Waals surface area contributed by atoms with Gasteiger partial charge in [0.25, 0.3) is 0 Å². The molecule has 1 heterocycles. The zero-order valence-corrected chi connectivity index (χ0v) is 11.0. The smallest absolute Gasteiger partial charge is 0.184 e. The number of methoxy groups -OCH3 is 1. The zero-order valence-electron chi connectivity index (χ0n) is 11.0.